The summed E-state index contributed by atoms with van der Waals surface area (Å²) in [7, 11) is -3.70. The van der Waals surface area contributed by atoms with Crippen molar-refractivity contribution in [2.45, 2.75) is 11.3 Å². The van der Waals surface area contributed by atoms with E-state index in [0.29, 0.717) is 11.9 Å². The highest BCUT2D eigenvalue weighted by molar-refractivity contribution is 9.42. The van der Waals surface area contributed by atoms with E-state index in [9.17, 15) is 13.3 Å². The minimum Gasteiger partial charge on any atom is -0.220 e. The Labute approximate surface area is 122 Å². The Morgan fingerprint density at radius 3 is 2.25 bits per heavy atom. The Balaban J connectivity index is 3.39. The van der Waals surface area contributed by atoms with Gasteiger partial charge in [-0.3, -0.25) is 0 Å². The maximum Gasteiger partial charge on any atom is 0.239 e. The Hall–Kier alpha value is 0.560. The molecule has 1 rings (SSSR count). The smallest absolute Gasteiger partial charge is 0.220 e. The normalized spacial score (nSPS) is 12.4. The first kappa shape index (κ1) is 14.6. The predicted octanol–water partition coefficient (Wildman–Crippen LogP) is 4.03. The number of sulfone groups is 1. The van der Waals surface area contributed by atoms with Crippen LogP contribution < -0.4 is 0 Å². The molecule has 0 fully saturated rings. The lowest BCUT2D eigenvalue weighted by Gasteiger charge is -2.15. The van der Waals surface area contributed by atoms with Crippen molar-refractivity contribution in [1.29, 1.82) is 0 Å². The third-order valence-corrected chi connectivity index (χ3v) is 7.72. The minimum atomic E-state index is -3.70. The third-order valence-electron chi connectivity index (χ3n) is 1.58. The Morgan fingerprint density at radius 2 is 1.75 bits per heavy atom. The molecule has 16 heavy (non-hydrogen) atoms. The number of hydrogen-bond donors (Lipinski definition) is 0. The molecule has 9 heteroatoms. The molecule has 0 aliphatic rings. The molecule has 0 spiro atoms. The molecule has 0 bridgehead atoms. The van der Waals surface area contributed by atoms with Gasteiger partial charge in [0.1, 0.15) is 0 Å². The SMILES string of the molecule is O=NSc1ccccc1S(=O)(=O)C(Br)(Br)Br. The quantitative estimate of drug-likeness (QED) is 0.394. The van der Waals surface area contributed by atoms with E-state index >= 15 is 0 Å². The summed E-state index contributed by atoms with van der Waals surface area (Å²) in [5.74, 6) is 0. The topological polar surface area (TPSA) is 63.6 Å². The highest BCUT2D eigenvalue weighted by Gasteiger charge is 2.38. The molecular formula is C7H4Br3NO3S2. The average Bonchev–Trinajstić information content (AvgIpc) is 2.17. The molecule has 0 amide bonds. The highest BCUT2D eigenvalue weighted by Crippen LogP contribution is 2.45. The van der Waals surface area contributed by atoms with Crippen LogP contribution in [0.2, 0.25) is 0 Å². The van der Waals surface area contributed by atoms with Gasteiger partial charge in [-0.25, -0.2) is 8.42 Å². The number of alkyl halides is 3. The lowest BCUT2D eigenvalue weighted by Crippen LogP contribution is -2.18. The first-order valence-corrected chi connectivity index (χ1v) is 8.34. The first-order valence-electron chi connectivity index (χ1n) is 3.71. The Morgan fingerprint density at radius 1 is 1.19 bits per heavy atom. The van der Waals surface area contributed by atoms with Crippen molar-refractivity contribution >= 4 is 69.6 Å². The van der Waals surface area contributed by atoms with Gasteiger partial charge in [-0.05, 0) is 59.9 Å². The van der Waals surface area contributed by atoms with Crippen molar-refractivity contribution in [2.75, 3.05) is 0 Å². The number of halogens is 3. The number of benzene rings is 1. The number of rotatable bonds is 3. The molecule has 0 aliphatic heterocycles. The largest absolute Gasteiger partial charge is 0.239 e. The molecule has 0 N–H and O–H groups in total. The molecule has 88 valence electrons. The van der Waals surface area contributed by atoms with E-state index in [0.717, 1.165) is 0 Å². The maximum atomic E-state index is 12.1. The molecule has 0 radical (unpaired) electrons. The molecular weight excluding hydrogens is 450 g/mol. The van der Waals surface area contributed by atoms with Crippen molar-refractivity contribution < 1.29 is 8.42 Å². The highest BCUT2D eigenvalue weighted by atomic mass is 80.0. The molecule has 0 heterocycles. The van der Waals surface area contributed by atoms with Gasteiger partial charge in [-0.1, -0.05) is 12.1 Å². The fourth-order valence-corrected chi connectivity index (χ4v) is 4.14. The molecule has 4 nitrogen and oxygen atoms in total. The number of nitrogens with zero attached hydrogens (tertiary/aromatic N) is 1. The summed E-state index contributed by atoms with van der Waals surface area (Å²) in [5.41, 5.74) is 0. The van der Waals surface area contributed by atoms with Crippen LogP contribution >= 0.6 is 59.7 Å². The fraction of sp³-hybridized carbons (Fsp3) is 0.143. The van der Waals surface area contributed by atoms with Crippen molar-refractivity contribution in [1.82, 2.24) is 0 Å². The van der Waals surface area contributed by atoms with Gasteiger partial charge in [0.25, 0.3) is 0 Å². The summed E-state index contributed by atoms with van der Waals surface area (Å²) in [6.45, 7) is 0. The summed E-state index contributed by atoms with van der Waals surface area (Å²) in [4.78, 5) is 10.5. The summed E-state index contributed by atoms with van der Waals surface area (Å²) in [5, 5.41) is 0. The lowest BCUT2D eigenvalue weighted by molar-refractivity contribution is 0.597. The van der Waals surface area contributed by atoms with E-state index in [2.05, 4.69) is 52.4 Å². The zero-order valence-electron chi connectivity index (χ0n) is 7.43. The second-order valence-electron chi connectivity index (χ2n) is 2.56. The van der Waals surface area contributed by atoms with E-state index in [-0.39, 0.29) is 9.79 Å². The lowest BCUT2D eigenvalue weighted by atomic mass is 10.4. The van der Waals surface area contributed by atoms with Gasteiger partial charge in [-0.15, -0.1) is 4.91 Å². The maximum absolute atomic E-state index is 12.1. The monoisotopic (exact) mass is 451 g/mol. The molecule has 1 aromatic carbocycles. The fourth-order valence-electron chi connectivity index (χ4n) is 0.912. The molecule has 0 saturated heterocycles. The molecule has 0 atom stereocenters. The van der Waals surface area contributed by atoms with E-state index in [1.165, 1.54) is 12.1 Å². The Kier molecular flexibility index (Phi) is 5.00. The minimum absolute atomic E-state index is 0.0187. The van der Waals surface area contributed by atoms with Crippen LogP contribution in [-0.4, -0.2) is 9.89 Å². The van der Waals surface area contributed by atoms with Gasteiger partial charge in [0.15, 0.2) is 0 Å². The second kappa shape index (κ2) is 5.47. The zero-order chi connectivity index (χ0) is 12.4. The van der Waals surface area contributed by atoms with Gasteiger partial charge in [-0.2, -0.15) is 0 Å². The first-order chi connectivity index (χ1) is 7.30. The van der Waals surface area contributed by atoms with E-state index in [1.807, 2.05) is 0 Å². The third kappa shape index (κ3) is 3.06. The molecule has 0 unspecified atom stereocenters. The standard InChI is InChI=1S/C7H4Br3NO3S2/c8-7(9,10)16(13,14)6-4-2-1-3-5(6)15-11-12/h1-4H. The van der Waals surface area contributed by atoms with Gasteiger partial charge in [0.05, 0.1) is 21.7 Å². The Bertz CT molecular complexity index is 498. The molecule has 0 aromatic heterocycles. The average molecular weight is 454 g/mol. The van der Waals surface area contributed by atoms with Crippen LogP contribution in [0.15, 0.2) is 38.6 Å². The van der Waals surface area contributed by atoms with Crippen LogP contribution in [0.5, 0.6) is 0 Å². The van der Waals surface area contributed by atoms with Crippen LogP contribution in [0.3, 0.4) is 0 Å². The van der Waals surface area contributed by atoms with Crippen LogP contribution in [0, 0.1) is 4.91 Å². The van der Waals surface area contributed by atoms with Crippen LogP contribution in [0.25, 0.3) is 0 Å². The van der Waals surface area contributed by atoms with Crippen LogP contribution in [0.4, 0.5) is 0 Å². The predicted molar refractivity (Wildman–Crippen MR) is 74.8 cm³/mol. The van der Waals surface area contributed by atoms with Crippen molar-refractivity contribution in [3.8, 4) is 0 Å². The van der Waals surface area contributed by atoms with Crippen molar-refractivity contribution in [3.05, 3.63) is 29.2 Å². The summed E-state index contributed by atoms with van der Waals surface area (Å²) >= 11 is 9.42. The molecule has 1 aromatic rings. The van der Waals surface area contributed by atoms with Gasteiger partial charge in [0, 0.05) is 4.58 Å². The van der Waals surface area contributed by atoms with E-state index < -0.39 is 11.3 Å². The molecule has 0 aliphatic carbocycles. The van der Waals surface area contributed by atoms with Gasteiger partial charge < -0.3 is 0 Å². The zero-order valence-corrected chi connectivity index (χ0v) is 13.8. The van der Waals surface area contributed by atoms with Crippen LogP contribution in [0.1, 0.15) is 0 Å². The molecule has 0 saturated carbocycles. The van der Waals surface area contributed by atoms with Gasteiger partial charge in [0.2, 0.25) is 11.3 Å². The number of nitroso groups, excluding NO2 is 1. The summed E-state index contributed by atoms with van der Waals surface area (Å²) in [6.07, 6.45) is 0. The van der Waals surface area contributed by atoms with Crippen molar-refractivity contribution in [2.24, 2.45) is 4.58 Å². The summed E-state index contributed by atoms with van der Waals surface area (Å²) < 4.78 is 25.3. The van der Waals surface area contributed by atoms with Gasteiger partial charge >= 0.3 is 0 Å². The second-order valence-corrected chi connectivity index (χ2v) is 13.7. The summed E-state index contributed by atoms with van der Waals surface area (Å²) in [6, 6.07) is 6.12. The number of hydrogen-bond acceptors (Lipinski definition) is 5. The van der Waals surface area contributed by atoms with Crippen molar-refractivity contribution in [3.63, 3.8) is 0 Å². The van der Waals surface area contributed by atoms with Crippen LogP contribution in [-0.2, 0) is 9.84 Å². The van der Waals surface area contributed by atoms with E-state index in [1.54, 1.807) is 12.1 Å². The van der Waals surface area contributed by atoms with E-state index in [4.69, 9.17) is 0 Å².